The van der Waals surface area contributed by atoms with Crippen molar-refractivity contribution >= 4 is 0 Å². The topological polar surface area (TPSA) is 0 Å². The minimum absolute atomic E-state index is 0.549. The van der Waals surface area contributed by atoms with Gasteiger partial charge in [0.25, 0.3) is 0 Å². The summed E-state index contributed by atoms with van der Waals surface area (Å²) in [4.78, 5) is 0. The van der Waals surface area contributed by atoms with Crippen LogP contribution in [0.3, 0.4) is 0 Å². The molecular weight excluding hydrogens is 180 g/mol. The van der Waals surface area contributed by atoms with E-state index in [4.69, 9.17) is 0 Å². The molecule has 1 atom stereocenters. The molecule has 0 N–H and O–H groups in total. The highest BCUT2D eigenvalue weighted by molar-refractivity contribution is 4.77. The average molecular weight is 212 g/mol. The van der Waals surface area contributed by atoms with Gasteiger partial charge < -0.3 is 0 Å². The maximum atomic E-state index is 2.45. The van der Waals surface area contributed by atoms with E-state index in [9.17, 15) is 0 Å². The van der Waals surface area contributed by atoms with Crippen molar-refractivity contribution in [3.63, 3.8) is 0 Å². The first kappa shape index (κ1) is 15.0. The van der Waals surface area contributed by atoms with Crippen molar-refractivity contribution in [3.05, 3.63) is 0 Å². The van der Waals surface area contributed by atoms with Crippen LogP contribution in [0.5, 0.6) is 0 Å². The first-order chi connectivity index (χ1) is 6.94. The summed E-state index contributed by atoms with van der Waals surface area (Å²) in [5, 5.41) is 0. The van der Waals surface area contributed by atoms with Crippen LogP contribution in [0.1, 0.15) is 80.1 Å². The summed E-state index contributed by atoms with van der Waals surface area (Å²) in [6.07, 6.45) is 8.34. The first-order valence-electron chi connectivity index (χ1n) is 6.94. The van der Waals surface area contributed by atoms with Crippen molar-refractivity contribution in [2.24, 2.45) is 17.3 Å². The molecule has 0 aliphatic rings. The van der Waals surface area contributed by atoms with Gasteiger partial charge in [-0.3, -0.25) is 0 Å². The molecule has 1 unspecified atom stereocenters. The molecule has 0 fully saturated rings. The van der Waals surface area contributed by atoms with Crippen LogP contribution in [0, 0.1) is 17.3 Å². The van der Waals surface area contributed by atoms with E-state index in [1.54, 1.807) is 0 Å². The minimum Gasteiger partial charge on any atom is -0.0654 e. The molecule has 0 amide bonds. The van der Waals surface area contributed by atoms with Crippen molar-refractivity contribution in [1.82, 2.24) is 0 Å². The maximum absolute atomic E-state index is 2.45. The zero-order valence-corrected chi connectivity index (χ0v) is 11.9. The van der Waals surface area contributed by atoms with Crippen molar-refractivity contribution in [2.75, 3.05) is 0 Å². The normalized spacial score (nSPS) is 14.6. The second-order valence-corrected chi connectivity index (χ2v) is 6.15. The fraction of sp³-hybridized carbons (Fsp3) is 1.00. The Morgan fingerprint density at radius 1 is 0.933 bits per heavy atom. The fourth-order valence-corrected chi connectivity index (χ4v) is 2.34. The van der Waals surface area contributed by atoms with Gasteiger partial charge in [0.15, 0.2) is 0 Å². The van der Waals surface area contributed by atoms with Crippen molar-refractivity contribution in [2.45, 2.75) is 80.1 Å². The highest BCUT2D eigenvalue weighted by Crippen LogP contribution is 2.37. The predicted molar refractivity (Wildman–Crippen MR) is 71.2 cm³/mol. The lowest BCUT2D eigenvalue weighted by Crippen LogP contribution is -2.23. The van der Waals surface area contributed by atoms with E-state index in [1.165, 1.54) is 38.5 Å². The molecule has 0 spiro atoms. The summed E-state index contributed by atoms with van der Waals surface area (Å²) < 4.78 is 0. The molecule has 92 valence electrons. The van der Waals surface area contributed by atoms with Crippen LogP contribution in [0.25, 0.3) is 0 Å². The van der Waals surface area contributed by atoms with Gasteiger partial charge in [-0.15, -0.1) is 0 Å². The first-order valence-corrected chi connectivity index (χ1v) is 6.94. The summed E-state index contributed by atoms with van der Waals surface area (Å²) in [6, 6.07) is 0. The number of hydrogen-bond donors (Lipinski definition) is 0. The molecule has 15 heavy (non-hydrogen) atoms. The molecule has 0 heteroatoms. The van der Waals surface area contributed by atoms with Gasteiger partial charge in [0.2, 0.25) is 0 Å². The lowest BCUT2D eigenvalue weighted by atomic mass is 9.72. The van der Waals surface area contributed by atoms with Crippen molar-refractivity contribution < 1.29 is 0 Å². The van der Waals surface area contributed by atoms with E-state index >= 15 is 0 Å². The molecule has 0 radical (unpaired) electrons. The van der Waals surface area contributed by atoms with Gasteiger partial charge in [-0.1, -0.05) is 73.6 Å². The lowest BCUT2D eigenvalue weighted by molar-refractivity contribution is 0.172. The van der Waals surface area contributed by atoms with Crippen LogP contribution in [0.15, 0.2) is 0 Å². The SMILES string of the molecule is CCCC(CCCC(C)C)C(C)(C)CC. The molecule has 0 heterocycles. The van der Waals surface area contributed by atoms with Gasteiger partial charge in [-0.05, 0) is 23.7 Å². The molecule has 0 nitrogen and oxygen atoms in total. The van der Waals surface area contributed by atoms with Gasteiger partial charge in [-0.25, -0.2) is 0 Å². The maximum Gasteiger partial charge on any atom is -0.0329 e. The zero-order valence-electron chi connectivity index (χ0n) is 11.9. The van der Waals surface area contributed by atoms with Crippen molar-refractivity contribution in [3.8, 4) is 0 Å². The van der Waals surface area contributed by atoms with Gasteiger partial charge in [0.1, 0.15) is 0 Å². The number of rotatable bonds is 8. The second kappa shape index (κ2) is 7.30. The monoisotopic (exact) mass is 212 g/mol. The van der Waals surface area contributed by atoms with E-state index in [2.05, 4.69) is 41.5 Å². The van der Waals surface area contributed by atoms with Crippen LogP contribution >= 0.6 is 0 Å². The molecule has 0 rings (SSSR count). The Labute approximate surface area is 97.8 Å². The summed E-state index contributed by atoms with van der Waals surface area (Å²) >= 11 is 0. The molecule has 0 bridgehead atoms. The van der Waals surface area contributed by atoms with Gasteiger partial charge in [0, 0.05) is 0 Å². The van der Waals surface area contributed by atoms with E-state index < -0.39 is 0 Å². The Morgan fingerprint density at radius 2 is 1.53 bits per heavy atom. The highest BCUT2D eigenvalue weighted by atomic mass is 14.3. The Hall–Kier alpha value is 0. The van der Waals surface area contributed by atoms with Gasteiger partial charge in [-0.2, -0.15) is 0 Å². The third-order valence-corrected chi connectivity index (χ3v) is 3.99. The van der Waals surface area contributed by atoms with Gasteiger partial charge >= 0.3 is 0 Å². The van der Waals surface area contributed by atoms with E-state index in [0.29, 0.717) is 5.41 Å². The highest BCUT2D eigenvalue weighted by Gasteiger charge is 2.26. The summed E-state index contributed by atoms with van der Waals surface area (Å²) in [5.74, 6) is 1.81. The van der Waals surface area contributed by atoms with Crippen LogP contribution in [0.4, 0.5) is 0 Å². The Balaban J connectivity index is 4.04. The molecule has 0 aliphatic heterocycles. The zero-order chi connectivity index (χ0) is 11.9. The fourth-order valence-electron chi connectivity index (χ4n) is 2.34. The van der Waals surface area contributed by atoms with Crippen LogP contribution in [-0.4, -0.2) is 0 Å². The largest absolute Gasteiger partial charge is 0.0654 e. The molecular formula is C15H32. The lowest BCUT2D eigenvalue weighted by Gasteiger charge is -2.34. The van der Waals surface area contributed by atoms with Crippen LogP contribution < -0.4 is 0 Å². The summed E-state index contributed by atoms with van der Waals surface area (Å²) in [6.45, 7) is 14.2. The molecule has 0 saturated heterocycles. The number of hydrogen-bond acceptors (Lipinski definition) is 0. The second-order valence-electron chi connectivity index (χ2n) is 6.15. The molecule has 0 aromatic heterocycles. The third kappa shape index (κ3) is 6.22. The standard InChI is InChI=1S/C15H32/c1-7-10-14(15(5,6)8-2)12-9-11-13(3)4/h13-14H,7-12H2,1-6H3. The minimum atomic E-state index is 0.549. The Kier molecular flexibility index (Phi) is 7.30. The predicted octanol–water partition coefficient (Wildman–Crippen LogP) is 5.67. The third-order valence-electron chi connectivity index (χ3n) is 3.99. The Bertz CT molecular complexity index is 144. The molecule has 0 aliphatic carbocycles. The van der Waals surface area contributed by atoms with Gasteiger partial charge in [0.05, 0.1) is 0 Å². The average Bonchev–Trinajstić information content (AvgIpc) is 2.16. The Morgan fingerprint density at radius 3 is 1.93 bits per heavy atom. The van der Waals surface area contributed by atoms with E-state index in [-0.39, 0.29) is 0 Å². The van der Waals surface area contributed by atoms with Crippen LogP contribution in [0.2, 0.25) is 0 Å². The molecule has 0 aromatic rings. The van der Waals surface area contributed by atoms with E-state index in [1.807, 2.05) is 0 Å². The van der Waals surface area contributed by atoms with E-state index in [0.717, 1.165) is 11.8 Å². The molecule has 0 aromatic carbocycles. The summed E-state index contributed by atoms with van der Waals surface area (Å²) in [5.41, 5.74) is 0.549. The van der Waals surface area contributed by atoms with Crippen LogP contribution in [-0.2, 0) is 0 Å². The summed E-state index contributed by atoms with van der Waals surface area (Å²) in [7, 11) is 0. The smallest absolute Gasteiger partial charge is 0.0329 e. The van der Waals surface area contributed by atoms with Crippen molar-refractivity contribution in [1.29, 1.82) is 0 Å². The quantitative estimate of drug-likeness (QED) is 0.486. The molecule has 0 saturated carbocycles.